The highest BCUT2D eigenvalue weighted by molar-refractivity contribution is 6.08. The third kappa shape index (κ3) is 7.24. The van der Waals surface area contributed by atoms with Crippen molar-refractivity contribution >= 4 is 11.9 Å². The molecule has 5 heteroatoms. The number of rotatable bonds is 12. The summed E-state index contributed by atoms with van der Waals surface area (Å²) in [4.78, 5) is 13.1. The normalized spacial score (nSPS) is 10.8. The molecule has 0 aliphatic carbocycles. The Hall–Kier alpha value is -4.51. The predicted octanol–water partition coefficient (Wildman–Crippen LogP) is 7.15. The van der Waals surface area contributed by atoms with Gasteiger partial charge in [0, 0.05) is 17.7 Å². The van der Waals surface area contributed by atoms with Crippen LogP contribution in [0.4, 0.5) is 0 Å². The van der Waals surface area contributed by atoms with Crippen LogP contribution in [0.15, 0.2) is 103 Å². The van der Waals surface area contributed by atoms with E-state index in [1.807, 2.05) is 85.8 Å². The quantitative estimate of drug-likeness (QED) is 0.155. The first-order valence-electron chi connectivity index (χ1n) is 12.2. The van der Waals surface area contributed by atoms with Crippen LogP contribution in [0, 0.1) is 0 Å². The van der Waals surface area contributed by atoms with Gasteiger partial charge in [0.25, 0.3) is 0 Å². The number of hydrogen-bond acceptors (Lipinski definition) is 5. The van der Waals surface area contributed by atoms with Crippen molar-refractivity contribution < 1.29 is 23.7 Å². The highest BCUT2D eigenvalue weighted by atomic mass is 16.5. The van der Waals surface area contributed by atoms with E-state index >= 15 is 0 Å². The lowest BCUT2D eigenvalue weighted by Crippen LogP contribution is -2.03. The molecule has 0 saturated heterocycles. The van der Waals surface area contributed by atoms with Crippen molar-refractivity contribution in [3.8, 4) is 23.0 Å². The Kier molecular flexibility index (Phi) is 8.97. The maximum Gasteiger partial charge on any atom is 0.189 e. The number of methoxy groups -OCH3 is 1. The average molecular weight is 495 g/mol. The lowest BCUT2D eigenvalue weighted by Gasteiger charge is -2.12. The van der Waals surface area contributed by atoms with Crippen LogP contribution in [0.2, 0.25) is 0 Å². The van der Waals surface area contributed by atoms with Crippen LogP contribution >= 0.6 is 0 Å². The number of ketones is 1. The fourth-order valence-electron chi connectivity index (χ4n) is 3.73. The second-order valence-electron chi connectivity index (χ2n) is 8.24. The molecule has 0 aromatic heterocycles. The molecule has 0 saturated carbocycles. The number of benzene rings is 4. The summed E-state index contributed by atoms with van der Waals surface area (Å²) in [6.45, 7) is 3.21. The van der Waals surface area contributed by atoms with Gasteiger partial charge >= 0.3 is 0 Å². The Morgan fingerprint density at radius 3 is 1.84 bits per heavy atom. The molecule has 0 bridgehead atoms. The summed E-state index contributed by atoms with van der Waals surface area (Å²) < 4.78 is 23.1. The molecule has 37 heavy (non-hydrogen) atoms. The lowest BCUT2D eigenvalue weighted by molar-refractivity contribution is 0.104. The fraction of sp³-hybridized carbons (Fsp3) is 0.156. The summed E-state index contributed by atoms with van der Waals surface area (Å²) in [6, 6.07) is 30.7. The number of hydrogen-bond donors (Lipinski definition) is 0. The van der Waals surface area contributed by atoms with Crippen LogP contribution in [-0.4, -0.2) is 19.5 Å². The first-order valence-corrected chi connectivity index (χ1v) is 12.2. The van der Waals surface area contributed by atoms with Gasteiger partial charge in [-0.25, -0.2) is 0 Å². The Bertz CT molecular complexity index is 1330. The van der Waals surface area contributed by atoms with Crippen LogP contribution in [0.5, 0.6) is 23.0 Å². The van der Waals surface area contributed by atoms with Crippen LogP contribution in [-0.2, 0) is 13.2 Å². The summed E-state index contributed by atoms with van der Waals surface area (Å²) in [5.41, 5.74) is 3.38. The van der Waals surface area contributed by atoms with Crippen LogP contribution in [0.1, 0.15) is 34.0 Å². The second kappa shape index (κ2) is 13.0. The van der Waals surface area contributed by atoms with E-state index in [-0.39, 0.29) is 5.78 Å². The monoisotopic (exact) mass is 494 g/mol. The van der Waals surface area contributed by atoms with E-state index in [0.717, 1.165) is 16.7 Å². The number of carbonyl (C=O) groups excluding carboxylic acids is 1. The molecule has 188 valence electrons. The minimum atomic E-state index is -0.176. The maximum atomic E-state index is 13.1. The summed E-state index contributed by atoms with van der Waals surface area (Å²) in [5, 5.41) is 0. The van der Waals surface area contributed by atoms with Gasteiger partial charge in [0.15, 0.2) is 5.78 Å². The van der Waals surface area contributed by atoms with Crippen molar-refractivity contribution in [2.75, 3.05) is 13.7 Å². The van der Waals surface area contributed by atoms with Gasteiger partial charge in [0.2, 0.25) is 0 Å². The zero-order valence-electron chi connectivity index (χ0n) is 21.1. The predicted molar refractivity (Wildman–Crippen MR) is 146 cm³/mol. The minimum Gasteiger partial charge on any atom is -0.496 e. The van der Waals surface area contributed by atoms with Crippen molar-refractivity contribution in [3.05, 3.63) is 125 Å². The van der Waals surface area contributed by atoms with Gasteiger partial charge < -0.3 is 18.9 Å². The number of carbonyl (C=O) groups is 1. The molecule has 0 N–H and O–H groups in total. The molecule has 0 amide bonds. The molecule has 0 atom stereocenters. The Morgan fingerprint density at radius 2 is 1.27 bits per heavy atom. The molecule has 4 rings (SSSR count). The molecule has 5 nitrogen and oxygen atoms in total. The summed E-state index contributed by atoms with van der Waals surface area (Å²) in [6.07, 6.45) is 3.25. The highest BCUT2D eigenvalue weighted by Gasteiger charge is 2.13. The zero-order valence-corrected chi connectivity index (χ0v) is 21.1. The molecular formula is C32H30O5. The van der Waals surface area contributed by atoms with Crippen LogP contribution in [0.25, 0.3) is 6.08 Å². The smallest absolute Gasteiger partial charge is 0.189 e. The largest absolute Gasteiger partial charge is 0.496 e. The van der Waals surface area contributed by atoms with E-state index in [9.17, 15) is 4.79 Å². The van der Waals surface area contributed by atoms with Crippen molar-refractivity contribution in [3.63, 3.8) is 0 Å². The lowest BCUT2D eigenvalue weighted by atomic mass is 10.1. The van der Waals surface area contributed by atoms with E-state index < -0.39 is 0 Å². The number of ether oxygens (including phenoxy) is 4. The van der Waals surface area contributed by atoms with Crippen LogP contribution in [0.3, 0.4) is 0 Å². The Morgan fingerprint density at radius 1 is 0.703 bits per heavy atom. The number of allylic oxidation sites excluding steroid dienone is 1. The Balaban J connectivity index is 1.44. The molecule has 0 radical (unpaired) electrons. The molecule has 0 unspecified atom stereocenters. The third-order valence-electron chi connectivity index (χ3n) is 5.63. The first kappa shape index (κ1) is 25.6. The molecule has 0 aliphatic rings. The van der Waals surface area contributed by atoms with Crippen LogP contribution < -0.4 is 18.9 Å². The van der Waals surface area contributed by atoms with Crippen molar-refractivity contribution in [1.82, 2.24) is 0 Å². The maximum absolute atomic E-state index is 13.1. The van der Waals surface area contributed by atoms with Gasteiger partial charge in [-0.15, -0.1) is 0 Å². The molecule has 0 aliphatic heterocycles. The first-order chi connectivity index (χ1) is 18.2. The fourth-order valence-corrected chi connectivity index (χ4v) is 3.73. The topological polar surface area (TPSA) is 54.0 Å². The van der Waals surface area contributed by atoms with Gasteiger partial charge in [-0.1, -0.05) is 60.7 Å². The van der Waals surface area contributed by atoms with E-state index in [4.69, 9.17) is 18.9 Å². The van der Waals surface area contributed by atoms with E-state index in [2.05, 4.69) is 0 Å². The van der Waals surface area contributed by atoms with Gasteiger partial charge in [0.05, 0.1) is 19.3 Å². The summed E-state index contributed by atoms with van der Waals surface area (Å²) in [5.74, 6) is 2.25. The van der Waals surface area contributed by atoms with Gasteiger partial charge in [0.1, 0.15) is 36.2 Å². The molecule has 0 spiro atoms. The molecule has 4 aromatic rings. The summed E-state index contributed by atoms with van der Waals surface area (Å²) >= 11 is 0. The zero-order chi connectivity index (χ0) is 25.9. The van der Waals surface area contributed by atoms with Crippen molar-refractivity contribution in [2.24, 2.45) is 0 Å². The van der Waals surface area contributed by atoms with Gasteiger partial charge in [-0.3, -0.25) is 4.79 Å². The SMILES string of the molecule is CCOc1cc(OCc2ccccc2)ccc1C(=O)C=Cc1ccc(OCc2ccccc2)cc1OC. The van der Waals surface area contributed by atoms with E-state index in [1.165, 1.54) is 6.08 Å². The molecule has 4 aromatic carbocycles. The molecule has 0 fully saturated rings. The van der Waals surface area contributed by atoms with Gasteiger partial charge in [-0.2, -0.15) is 0 Å². The molecule has 0 heterocycles. The van der Waals surface area contributed by atoms with Gasteiger partial charge in [-0.05, 0) is 54.5 Å². The molecular weight excluding hydrogens is 464 g/mol. The Labute approximate surface area is 217 Å². The minimum absolute atomic E-state index is 0.176. The third-order valence-corrected chi connectivity index (χ3v) is 5.63. The highest BCUT2D eigenvalue weighted by Crippen LogP contribution is 2.29. The average Bonchev–Trinajstić information content (AvgIpc) is 2.95. The van der Waals surface area contributed by atoms with E-state index in [0.29, 0.717) is 48.4 Å². The second-order valence-corrected chi connectivity index (χ2v) is 8.24. The van der Waals surface area contributed by atoms with Crippen molar-refractivity contribution in [1.29, 1.82) is 0 Å². The van der Waals surface area contributed by atoms with E-state index in [1.54, 1.807) is 31.4 Å². The summed E-state index contributed by atoms with van der Waals surface area (Å²) in [7, 11) is 1.59. The standard InChI is InChI=1S/C32H30O5/c1-3-35-32-21-28(37-23-25-12-8-5-9-13-25)17-18-29(32)30(33)19-15-26-14-16-27(20-31(26)34-2)36-22-24-10-6-4-7-11-24/h4-21H,3,22-23H2,1-2H3. The van der Waals surface area contributed by atoms with Crippen molar-refractivity contribution in [2.45, 2.75) is 20.1 Å².